The molecule has 0 N–H and O–H groups in total. The van der Waals surface area contributed by atoms with E-state index in [2.05, 4.69) is 0 Å². The van der Waals surface area contributed by atoms with E-state index >= 15 is 0 Å². The van der Waals surface area contributed by atoms with Crippen LogP contribution in [0.1, 0.15) is 65.7 Å². The van der Waals surface area contributed by atoms with Crippen molar-refractivity contribution >= 4 is 22.9 Å². The molecule has 2 aliphatic rings. The third kappa shape index (κ3) is 2.97. The lowest BCUT2D eigenvalue weighted by Gasteiger charge is -2.34. The molecule has 0 unspecified atom stereocenters. The molecule has 172 valence electrons. The number of hydrogen-bond acceptors (Lipinski definition) is 7. The van der Waals surface area contributed by atoms with Crippen LogP contribution < -0.4 is 10.2 Å². The van der Waals surface area contributed by atoms with Crippen molar-refractivity contribution in [3.05, 3.63) is 39.7 Å². The van der Waals surface area contributed by atoms with Gasteiger partial charge in [-0.3, -0.25) is 9.59 Å². The number of hydrogen-bond donors (Lipinski definition) is 0. The molecule has 7 nitrogen and oxygen atoms in total. The fraction of sp³-hybridized carbons (Fsp3) is 0.560. The first-order valence-corrected chi connectivity index (χ1v) is 11.1. The lowest BCUT2D eigenvalue weighted by Crippen LogP contribution is -2.48. The van der Waals surface area contributed by atoms with Crippen molar-refractivity contribution in [1.82, 2.24) is 0 Å². The van der Waals surface area contributed by atoms with Crippen LogP contribution in [0.2, 0.25) is 0 Å². The maximum atomic E-state index is 13.3. The molecule has 0 spiro atoms. The van der Waals surface area contributed by atoms with Crippen molar-refractivity contribution in [2.75, 3.05) is 0 Å². The minimum atomic E-state index is -1.32. The molecule has 2 aromatic rings. The molecule has 1 saturated carbocycles. The number of fused-ring (bicyclic) bond motifs is 3. The van der Waals surface area contributed by atoms with Gasteiger partial charge in [0.2, 0.25) is 5.60 Å². The van der Waals surface area contributed by atoms with E-state index in [4.69, 9.17) is 18.6 Å². The van der Waals surface area contributed by atoms with E-state index < -0.39 is 22.4 Å². The van der Waals surface area contributed by atoms with Crippen LogP contribution in [0.4, 0.5) is 0 Å². The Balaban J connectivity index is 1.73. The van der Waals surface area contributed by atoms with E-state index in [1.165, 1.54) is 6.07 Å². The molecule has 0 radical (unpaired) electrons. The minimum Gasteiger partial charge on any atom is -0.490 e. The zero-order valence-corrected chi connectivity index (χ0v) is 19.5. The smallest absolute Gasteiger partial charge is 0.351 e. The zero-order valence-electron chi connectivity index (χ0n) is 19.5. The van der Waals surface area contributed by atoms with Gasteiger partial charge >= 0.3 is 11.9 Å². The average Bonchev–Trinajstić information content (AvgIpc) is 3.02. The van der Waals surface area contributed by atoms with Crippen LogP contribution in [-0.2, 0) is 32.1 Å². The number of aryl methyl sites for hydroxylation is 1. The summed E-state index contributed by atoms with van der Waals surface area (Å²) in [6.45, 7) is 11.1. The van der Waals surface area contributed by atoms with E-state index in [9.17, 15) is 14.4 Å². The Hall–Kier alpha value is -2.83. The summed E-state index contributed by atoms with van der Waals surface area (Å²) in [6, 6.07) is 4.82. The summed E-state index contributed by atoms with van der Waals surface area (Å²) in [5.74, 6) is 0.0674. The highest BCUT2D eigenvalue weighted by Crippen LogP contribution is 2.65. The summed E-state index contributed by atoms with van der Waals surface area (Å²) < 4.78 is 23.3. The number of carbonyl (C=O) groups is 2. The van der Waals surface area contributed by atoms with Gasteiger partial charge in [0, 0.05) is 17.9 Å². The molecule has 1 aromatic heterocycles. The number of carbonyl (C=O) groups excluding carboxylic acids is 2. The van der Waals surface area contributed by atoms with Gasteiger partial charge in [-0.2, -0.15) is 0 Å². The highest BCUT2D eigenvalue weighted by molar-refractivity contribution is 5.93. The highest BCUT2D eigenvalue weighted by Gasteiger charge is 2.76. The Kier molecular flexibility index (Phi) is 5.14. The molecule has 1 aliphatic carbocycles. The topological polar surface area (TPSA) is 92.0 Å². The monoisotopic (exact) mass is 442 g/mol. The third-order valence-electron chi connectivity index (χ3n) is 7.48. The van der Waals surface area contributed by atoms with Crippen molar-refractivity contribution in [2.24, 2.45) is 10.8 Å². The van der Waals surface area contributed by atoms with Gasteiger partial charge < -0.3 is 18.6 Å². The Bertz CT molecular complexity index is 1160. The van der Waals surface area contributed by atoms with Gasteiger partial charge in [0.25, 0.3) is 0 Å². The summed E-state index contributed by atoms with van der Waals surface area (Å²) in [6.07, 6.45) is 1.40. The van der Waals surface area contributed by atoms with E-state index in [-0.39, 0.29) is 24.1 Å². The fourth-order valence-electron chi connectivity index (χ4n) is 4.94. The normalized spacial score (nSPS) is 25.9. The lowest BCUT2D eigenvalue weighted by molar-refractivity contribution is -0.184. The molecule has 2 atom stereocenters. The van der Waals surface area contributed by atoms with Gasteiger partial charge in [-0.05, 0) is 45.7 Å². The van der Waals surface area contributed by atoms with E-state index in [1.807, 2.05) is 41.5 Å². The van der Waals surface area contributed by atoms with Crippen LogP contribution in [0.25, 0.3) is 11.0 Å². The molecule has 0 amide bonds. The largest absolute Gasteiger partial charge is 0.490 e. The van der Waals surface area contributed by atoms with Crippen molar-refractivity contribution in [3.63, 3.8) is 0 Å². The van der Waals surface area contributed by atoms with E-state index in [0.29, 0.717) is 47.3 Å². The minimum absolute atomic E-state index is 0.133. The van der Waals surface area contributed by atoms with Crippen molar-refractivity contribution in [1.29, 1.82) is 0 Å². The Morgan fingerprint density at radius 1 is 1.16 bits per heavy atom. The van der Waals surface area contributed by atoms with Crippen molar-refractivity contribution in [2.45, 2.75) is 79.1 Å². The molecule has 2 heterocycles. The van der Waals surface area contributed by atoms with Crippen LogP contribution in [0, 0.1) is 10.8 Å². The number of benzene rings is 1. The number of ether oxygens (including phenoxy) is 3. The molecule has 2 bridgehead atoms. The molecule has 4 rings (SSSR count). The average molecular weight is 443 g/mol. The highest BCUT2D eigenvalue weighted by atomic mass is 16.6. The number of esters is 2. The standard InChI is InChI=1S/C25H30O7/c1-7-15-12-18(26)16-8-9-19(30-14(2)3)17(20(16)31-15)13-29-22(28)25-11-10-24(6,21(27)32-25)23(25,4)5/h8-9,12,14H,7,10-11,13H2,1-6H3/t24-,25+/m1/s1. The Labute approximate surface area is 187 Å². The van der Waals surface area contributed by atoms with Gasteiger partial charge in [0.05, 0.1) is 22.5 Å². The molecular formula is C25H30O7. The predicted octanol–water partition coefficient (Wildman–Crippen LogP) is 4.31. The first-order chi connectivity index (χ1) is 15.0. The van der Waals surface area contributed by atoms with Crippen molar-refractivity contribution < 1.29 is 28.2 Å². The van der Waals surface area contributed by atoms with Crippen LogP contribution in [0.5, 0.6) is 5.75 Å². The summed E-state index contributed by atoms with van der Waals surface area (Å²) >= 11 is 0. The first-order valence-electron chi connectivity index (χ1n) is 11.1. The van der Waals surface area contributed by atoms with Gasteiger partial charge in [0.1, 0.15) is 23.7 Å². The summed E-state index contributed by atoms with van der Waals surface area (Å²) in [5, 5.41) is 0.392. The second-order valence-corrected chi connectivity index (χ2v) is 9.77. The van der Waals surface area contributed by atoms with Crippen LogP contribution >= 0.6 is 0 Å². The van der Waals surface area contributed by atoms with Crippen LogP contribution in [0.3, 0.4) is 0 Å². The summed E-state index contributed by atoms with van der Waals surface area (Å²) in [5.41, 5.74) is -2.08. The molecule has 2 fully saturated rings. The summed E-state index contributed by atoms with van der Waals surface area (Å²) in [4.78, 5) is 38.4. The van der Waals surface area contributed by atoms with Gasteiger partial charge in [0.15, 0.2) is 5.43 Å². The van der Waals surface area contributed by atoms with E-state index in [0.717, 1.165) is 0 Å². The van der Waals surface area contributed by atoms with Gasteiger partial charge in [-0.1, -0.05) is 20.8 Å². The molecule has 32 heavy (non-hydrogen) atoms. The first kappa shape index (κ1) is 22.4. The summed E-state index contributed by atoms with van der Waals surface area (Å²) in [7, 11) is 0. The molecule has 1 aliphatic heterocycles. The maximum absolute atomic E-state index is 13.3. The maximum Gasteiger partial charge on any atom is 0.351 e. The Morgan fingerprint density at radius 2 is 1.88 bits per heavy atom. The molecule has 1 aromatic carbocycles. The molecule has 7 heteroatoms. The number of rotatable bonds is 6. The molecular weight excluding hydrogens is 412 g/mol. The predicted molar refractivity (Wildman–Crippen MR) is 117 cm³/mol. The quantitative estimate of drug-likeness (QED) is 0.616. The second kappa shape index (κ2) is 7.36. The van der Waals surface area contributed by atoms with Gasteiger partial charge in [-0.15, -0.1) is 0 Å². The van der Waals surface area contributed by atoms with E-state index in [1.54, 1.807) is 12.1 Å². The van der Waals surface area contributed by atoms with Crippen LogP contribution in [-0.4, -0.2) is 23.6 Å². The third-order valence-corrected chi connectivity index (χ3v) is 7.48. The lowest BCUT2D eigenvalue weighted by atomic mass is 9.66. The second-order valence-electron chi connectivity index (χ2n) is 9.77. The zero-order chi connectivity index (χ0) is 23.5. The van der Waals surface area contributed by atoms with Gasteiger partial charge in [-0.25, -0.2) is 4.79 Å². The Morgan fingerprint density at radius 3 is 2.44 bits per heavy atom. The SMILES string of the molecule is CCc1cc(=O)c2ccc(OC(C)C)c(COC(=O)[C@]34CC[C@](C)(C(=O)O3)C4(C)C)c2o1. The van der Waals surface area contributed by atoms with Crippen LogP contribution in [0.15, 0.2) is 27.4 Å². The molecule has 1 saturated heterocycles. The van der Waals surface area contributed by atoms with Crippen molar-refractivity contribution in [3.8, 4) is 5.75 Å². The fourth-order valence-corrected chi connectivity index (χ4v) is 4.94.